The Morgan fingerprint density at radius 1 is 1.57 bits per heavy atom. The van der Waals surface area contributed by atoms with E-state index in [1.165, 1.54) is 4.90 Å². The van der Waals surface area contributed by atoms with E-state index in [9.17, 15) is 14.7 Å². The molecule has 2 heterocycles. The van der Waals surface area contributed by atoms with Gasteiger partial charge in [-0.15, -0.1) is 11.3 Å². The summed E-state index contributed by atoms with van der Waals surface area (Å²) in [5.41, 5.74) is 0. The largest absolute Gasteiger partial charge is 0.481 e. The van der Waals surface area contributed by atoms with Crippen molar-refractivity contribution in [3.8, 4) is 0 Å². The van der Waals surface area contributed by atoms with Crippen LogP contribution in [0.3, 0.4) is 0 Å². The molecule has 2 atom stereocenters. The number of carbonyl (C=O) groups excluding carboxylic acids is 1. The van der Waals surface area contributed by atoms with Crippen molar-refractivity contribution in [3.05, 3.63) is 20.8 Å². The fourth-order valence-corrected chi connectivity index (χ4v) is 3.76. The number of nitrogens with one attached hydrogen (secondary N) is 1. The molecule has 1 fully saturated rings. The summed E-state index contributed by atoms with van der Waals surface area (Å²) in [7, 11) is 0. The van der Waals surface area contributed by atoms with E-state index in [-0.39, 0.29) is 19.2 Å². The van der Waals surface area contributed by atoms with E-state index in [2.05, 4.69) is 21.2 Å². The zero-order valence-corrected chi connectivity index (χ0v) is 13.9. The lowest BCUT2D eigenvalue weighted by atomic mass is 10.0. The summed E-state index contributed by atoms with van der Waals surface area (Å²) >= 11 is 4.96. The maximum atomic E-state index is 12.3. The molecule has 0 aliphatic carbocycles. The van der Waals surface area contributed by atoms with Gasteiger partial charge in [0.2, 0.25) is 0 Å². The first-order valence-electron chi connectivity index (χ1n) is 6.61. The van der Waals surface area contributed by atoms with Gasteiger partial charge in [-0.05, 0) is 34.3 Å². The van der Waals surface area contributed by atoms with Gasteiger partial charge in [-0.25, -0.2) is 4.79 Å². The first-order chi connectivity index (χ1) is 10.0. The molecule has 0 saturated carbocycles. The lowest BCUT2D eigenvalue weighted by Gasteiger charge is -2.29. The van der Waals surface area contributed by atoms with E-state index in [0.29, 0.717) is 13.1 Å². The van der Waals surface area contributed by atoms with E-state index in [1.54, 1.807) is 11.3 Å². The van der Waals surface area contributed by atoms with Crippen molar-refractivity contribution in [2.75, 3.05) is 19.8 Å². The van der Waals surface area contributed by atoms with Crippen LogP contribution in [0.15, 0.2) is 15.9 Å². The van der Waals surface area contributed by atoms with Crippen LogP contribution in [0.1, 0.15) is 11.8 Å². The summed E-state index contributed by atoms with van der Waals surface area (Å²) in [5.74, 6) is -1.59. The van der Waals surface area contributed by atoms with E-state index in [1.807, 2.05) is 18.4 Å². The number of amides is 2. The third-order valence-corrected chi connectivity index (χ3v) is 5.39. The lowest BCUT2D eigenvalue weighted by Crippen LogP contribution is -2.50. The first-order valence-corrected chi connectivity index (χ1v) is 8.28. The number of urea groups is 1. The van der Waals surface area contributed by atoms with Gasteiger partial charge >= 0.3 is 12.0 Å². The van der Waals surface area contributed by atoms with Crippen LogP contribution in [0.5, 0.6) is 0 Å². The molecule has 1 aliphatic heterocycles. The number of hydrogen-bond donors (Lipinski definition) is 2. The lowest BCUT2D eigenvalue weighted by molar-refractivity contribution is -0.142. The van der Waals surface area contributed by atoms with Gasteiger partial charge in [0.25, 0.3) is 0 Å². The smallest absolute Gasteiger partial charge is 0.318 e. The second-order valence-electron chi connectivity index (χ2n) is 4.69. The zero-order valence-electron chi connectivity index (χ0n) is 11.5. The summed E-state index contributed by atoms with van der Waals surface area (Å²) in [6.07, 6.45) is 0. The number of rotatable bonds is 5. The molecule has 2 rings (SSSR count). The van der Waals surface area contributed by atoms with Gasteiger partial charge < -0.3 is 20.1 Å². The van der Waals surface area contributed by atoms with Gasteiger partial charge in [0.15, 0.2) is 0 Å². The number of carboxylic acids is 1. The highest BCUT2D eigenvalue weighted by molar-refractivity contribution is 9.10. The van der Waals surface area contributed by atoms with Gasteiger partial charge in [-0.3, -0.25) is 4.79 Å². The molecule has 21 heavy (non-hydrogen) atoms. The van der Waals surface area contributed by atoms with E-state index >= 15 is 0 Å². The highest BCUT2D eigenvalue weighted by Gasteiger charge is 2.39. The van der Waals surface area contributed by atoms with E-state index < -0.39 is 17.9 Å². The monoisotopic (exact) mass is 376 g/mol. The molecule has 1 aliphatic rings. The topological polar surface area (TPSA) is 78.9 Å². The summed E-state index contributed by atoms with van der Waals surface area (Å²) in [6.45, 7) is 3.10. The normalized spacial score (nSPS) is 21.2. The van der Waals surface area contributed by atoms with Crippen LogP contribution in [0.2, 0.25) is 0 Å². The molecule has 2 unspecified atom stereocenters. The maximum Gasteiger partial charge on any atom is 0.318 e. The number of halogens is 1. The van der Waals surface area contributed by atoms with Crippen molar-refractivity contribution in [2.24, 2.45) is 5.92 Å². The quantitative estimate of drug-likeness (QED) is 0.824. The number of nitrogens with zero attached hydrogens (tertiary/aromatic N) is 1. The van der Waals surface area contributed by atoms with Crippen molar-refractivity contribution in [3.63, 3.8) is 0 Å². The molecule has 8 heteroatoms. The second kappa shape index (κ2) is 7.24. The highest BCUT2D eigenvalue weighted by atomic mass is 79.9. The number of hydrogen-bond acceptors (Lipinski definition) is 4. The molecule has 2 N–H and O–H groups in total. The van der Waals surface area contributed by atoms with Crippen molar-refractivity contribution < 1.29 is 19.4 Å². The fraction of sp³-hybridized carbons (Fsp3) is 0.538. The molecule has 2 amide bonds. The molecule has 1 saturated heterocycles. The summed E-state index contributed by atoms with van der Waals surface area (Å²) in [5, 5.41) is 14.0. The van der Waals surface area contributed by atoms with Gasteiger partial charge in [-0.1, -0.05) is 0 Å². The predicted octanol–water partition coefficient (Wildman–Crippen LogP) is 2.14. The third kappa shape index (κ3) is 3.75. The number of aliphatic carboxylic acids is 1. The Bertz CT molecular complexity index is 522. The van der Waals surface area contributed by atoms with Crippen LogP contribution in [0.25, 0.3) is 0 Å². The van der Waals surface area contributed by atoms with Crippen LogP contribution in [0.4, 0.5) is 4.79 Å². The molecular formula is C13H17BrN2O4S. The third-order valence-electron chi connectivity index (χ3n) is 3.46. The van der Waals surface area contributed by atoms with E-state index in [0.717, 1.165) is 9.35 Å². The van der Waals surface area contributed by atoms with Crippen LogP contribution in [-0.4, -0.2) is 47.8 Å². The number of thiophene rings is 1. The molecular weight excluding hydrogens is 360 g/mol. The Morgan fingerprint density at radius 2 is 2.33 bits per heavy atom. The van der Waals surface area contributed by atoms with Crippen molar-refractivity contribution in [2.45, 2.75) is 19.5 Å². The Morgan fingerprint density at radius 3 is 2.90 bits per heavy atom. The van der Waals surface area contributed by atoms with Crippen LogP contribution >= 0.6 is 27.3 Å². The molecule has 0 aromatic carbocycles. The zero-order chi connectivity index (χ0) is 15.4. The van der Waals surface area contributed by atoms with Gasteiger partial charge in [0, 0.05) is 15.9 Å². The van der Waals surface area contributed by atoms with Crippen molar-refractivity contribution in [1.29, 1.82) is 0 Å². The summed E-state index contributed by atoms with van der Waals surface area (Å²) in [6, 6.07) is 1.24. The van der Waals surface area contributed by atoms with Crippen molar-refractivity contribution in [1.82, 2.24) is 10.2 Å². The van der Waals surface area contributed by atoms with Crippen LogP contribution in [0, 0.1) is 5.92 Å². The second-order valence-corrected chi connectivity index (χ2v) is 6.54. The SMILES string of the molecule is CCN(C(=O)NCc1sccc1Br)C1COCC1C(=O)O. The Kier molecular flexibility index (Phi) is 5.60. The number of ether oxygens (including phenoxy) is 1. The van der Waals surface area contributed by atoms with E-state index in [4.69, 9.17) is 4.74 Å². The number of carboxylic acid groups (broad SMARTS) is 1. The molecule has 6 nitrogen and oxygen atoms in total. The highest BCUT2D eigenvalue weighted by Crippen LogP contribution is 2.23. The average molecular weight is 377 g/mol. The van der Waals surface area contributed by atoms with Gasteiger partial charge in [-0.2, -0.15) is 0 Å². The molecule has 1 aromatic heterocycles. The Hall–Kier alpha value is -1.12. The minimum atomic E-state index is -0.926. The predicted molar refractivity (Wildman–Crippen MR) is 82.4 cm³/mol. The summed E-state index contributed by atoms with van der Waals surface area (Å²) in [4.78, 5) is 26.1. The minimum Gasteiger partial charge on any atom is -0.481 e. The van der Waals surface area contributed by atoms with Crippen molar-refractivity contribution >= 4 is 39.3 Å². The molecule has 0 bridgehead atoms. The minimum absolute atomic E-state index is 0.153. The molecule has 1 aromatic rings. The summed E-state index contributed by atoms with van der Waals surface area (Å²) < 4.78 is 6.19. The maximum absolute atomic E-state index is 12.3. The molecule has 116 valence electrons. The first kappa shape index (κ1) is 16.3. The fourth-order valence-electron chi connectivity index (χ4n) is 2.32. The van der Waals surface area contributed by atoms with Gasteiger partial charge in [0.1, 0.15) is 5.92 Å². The average Bonchev–Trinajstić information content (AvgIpc) is 3.06. The van der Waals surface area contributed by atoms with Gasteiger partial charge in [0.05, 0.1) is 25.8 Å². The number of likely N-dealkylation sites (N-methyl/N-ethyl adjacent to an activating group) is 1. The van der Waals surface area contributed by atoms with Crippen LogP contribution in [-0.2, 0) is 16.1 Å². The van der Waals surface area contributed by atoms with Crippen LogP contribution < -0.4 is 5.32 Å². The standard InChI is InChI=1S/C13H17BrN2O4S/c1-2-16(10-7-20-6-8(10)12(17)18)13(19)15-5-11-9(14)3-4-21-11/h3-4,8,10H,2,5-7H2,1H3,(H,15,19)(H,17,18). The molecule has 0 spiro atoms. The Balaban J connectivity index is 1.98. The number of carbonyl (C=O) groups is 2. The Labute approximate surface area is 135 Å². The molecule has 0 radical (unpaired) electrons.